The van der Waals surface area contributed by atoms with E-state index in [-0.39, 0.29) is 23.5 Å². The lowest BCUT2D eigenvalue weighted by molar-refractivity contribution is -0.118. The maximum atomic E-state index is 12.4. The average Bonchev–Trinajstić information content (AvgIpc) is 3.01. The highest BCUT2D eigenvalue weighted by atomic mass is 16.2. The minimum Gasteiger partial charge on any atom is -0.314 e. The number of aryl methyl sites for hydroxylation is 1. The first kappa shape index (κ1) is 14.9. The molecule has 1 amide bonds. The zero-order chi connectivity index (χ0) is 16.4. The Kier molecular flexibility index (Phi) is 3.88. The summed E-state index contributed by atoms with van der Waals surface area (Å²) in [6.07, 6.45) is 1.36. The molecule has 8 nitrogen and oxygen atoms in total. The van der Waals surface area contributed by atoms with Crippen molar-refractivity contribution in [3.8, 4) is 0 Å². The molecule has 0 radical (unpaired) electrons. The number of hydrogen-bond acceptors (Lipinski definition) is 5. The fourth-order valence-corrected chi connectivity index (χ4v) is 2.26. The van der Waals surface area contributed by atoms with E-state index in [0.29, 0.717) is 12.2 Å². The summed E-state index contributed by atoms with van der Waals surface area (Å²) in [5, 5.41) is 7.73. The third kappa shape index (κ3) is 2.70. The summed E-state index contributed by atoms with van der Waals surface area (Å²) in [6.45, 7) is 2.36. The summed E-state index contributed by atoms with van der Waals surface area (Å²) in [7, 11) is 1.67. The van der Waals surface area contributed by atoms with Gasteiger partial charge < -0.3 is 4.90 Å². The van der Waals surface area contributed by atoms with Crippen LogP contribution in [0.25, 0.3) is 11.2 Å². The van der Waals surface area contributed by atoms with Crippen LogP contribution >= 0.6 is 0 Å². The number of fused-ring (bicyclic) bond motifs is 1. The molecule has 0 aliphatic heterocycles. The number of anilines is 1. The second kappa shape index (κ2) is 5.99. The lowest BCUT2D eigenvalue weighted by Crippen LogP contribution is -2.34. The number of likely N-dealkylation sites (N-methyl/N-ethyl adjacent to an activating group) is 1. The summed E-state index contributed by atoms with van der Waals surface area (Å²) in [6, 6.07) is 9.23. The van der Waals surface area contributed by atoms with Gasteiger partial charge in [-0.25, -0.2) is 9.67 Å². The first-order chi connectivity index (χ1) is 11.1. The maximum absolute atomic E-state index is 12.4. The smallest absolute Gasteiger partial charge is 0.283 e. The number of hydrogen-bond donors (Lipinski definition) is 0. The van der Waals surface area contributed by atoms with E-state index < -0.39 is 0 Å². The molecular formula is C15H16N6O2. The van der Waals surface area contributed by atoms with E-state index in [0.717, 1.165) is 5.69 Å². The van der Waals surface area contributed by atoms with Crippen LogP contribution in [0.2, 0.25) is 0 Å². The molecule has 3 aromatic rings. The highest BCUT2D eigenvalue weighted by molar-refractivity contribution is 5.92. The van der Waals surface area contributed by atoms with Crippen LogP contribution in [0.15, 0.2) is 41.5 Å². The Morgan fingerprint density at radius 1 is 1.26 bits per heavy atom. The molecule has 0 aliphatic carbocycles. The summed E-state index contributed by atoms with van der Waals surface area (Å²) in [5.74, 6) is -0.220. The van der Waals surface area contributed by atoms with Gasteiger partial charge in [0.25, 0.3) is 5.56 Å². The van der Waals surface area contributed by atoms with Gasteiger partial charge in [0, 0.05) is 19.3 Å². The van der Waals surface area contributed by atoms with Crippen molar-refractivity contribution in [1.29, 1.82) is 0 Å². The lowest BCUT2D eigenvalue weighted by atomic mass is 10.3. The normalized spacial score (nSPS) is 10.9. The average molecular weight is 312 g/mol. The molecule has 0 atom stereocenters. The number of carbonyl (C=O) groups is 1. The van der Waals surface area contributed by atoms with E-state index in [1.807, 2.05) is 37.3 Å². The standard InChI is InChI=1S/C15H16N6O2/c1-3-21-14-13(17-18-21)15(23)20(10-16-14)9-12(22)19(2)11-7-5-4-6-8-11/h4-8,10H,3,9H2,1-2H3. The molecule has 0 unspecified atom stereocenters. The number of nitrogens with zero attached hydrogens (tertiary/aromatic N) is 6. The number of para-hydroxylation sites is 1. The Balaban J connectivity index is 1.88. The topological polar surface area (TPSA) is 85.9 Å². The Morgan fingerprint density at radius 2 is 2.00 bits per heavy atom. The van der Waals surface area contributed by atoms with Crippen LogP contribution in [0.1, 0.15) is 6.92 Å². The fraction of sp³-hybridized carbons (Fsp3) is 0.267. The van der Waals surface area contributed by atoms with Gasteiger partial charge in [0.2, 0.25) is 5.91 Å². The molecule has 0 spiro atoms. The number of benzene rings is 1. The van der Waals surface area contributed by atoms with Gasteiger partial charge in [-0.2, -0.15) is 0 Å². The maximum Gasteiger partial charge on any atom is 0.283 e. The van der Waals surface area contributed by atoms with Crippen LogP contribution in [0.5, 0.6) is 0 Å². The Labute approximate surface area is 132 Å². The summed E-state index contributed by atoms with van der Waals surface area (Å²) in [4.78, 5) is 30.4. The third-order valence-corrected chi connectivity index (χ3v) is 3.61. The lowest BCUT2D eigenvalue weighted by Gasteiger charge is -2.17. The zero-order valence-electron chi connectivity index (χ0n) is 12.9. The van der Waals surface area contributed by atoms with Crippen molar-refractivity contribution < 1.29 is 4.79 Å². The first-order valence-electron chi connectivity index (χ1n) is 7.22. The number of amides is 1. The van der Waals surface area contributed by atoms with Crippen LogP contribution < -0.4 is 10.5 Å². The van der Waals surface area contributed by atoms with E-state index in [4.69, 9.17) is 0 Å². The summed E-state index contributed by atoms with van der Waals surface area (Å²) >= 11 is 0. The van der Waals surface area contributed by atoms with Crippen LogP contribution in [0, 0.1) is 0 Å². The van der Waals surface area contributed by atoms with Gasteiger partial charge in [-0.15, -0.1) is 5.10 Å². The van der Waals surface area contributed by atoms with E-state index in [2.05, 4.69) is 15.3 Å². The first-order valence-corrected chi connectivity index (χ1v) is 7.22. The molecule has 3 rings (SSSR count). The predicted octanol–water partition coefficient (Wildman–Crippen LogP) is 0.671. The monoisotopic (exact) mass is 312 g/mol. The Bertz CT molecular complexity index is 899. The largest absolute Gasteiger partial charge is 0.314 e. The number of carbonyl (C=O) groups excluding carboxylic acids is 1. The van der Waals surface area contributed by atoms with Crippen molar-refractivity contribution in [2.24, 2.45) is 0 Å². The quantitative estimate of drug-likeness (QED) is 0.707. The number of rotatable bonds is 4. The van der Waals surface area contributed by atoms with Crippen LogP contribution in [0.3, 0.4) is 0 Å². The molecule has 8 heteroatoms. The molecule has 2 heterocycles. The zero-order valence-corrected chi connectivity index (χ0v) is 12.9. The van der Waals surface area contributed by atoms with Gasteiger partial charge in [-0.3, -0.25) is 14.2 Å². The second-order valence-corrected chi connectivity index (χ2v) is 5.04. The molecule has 2 aromatic heterocycles. The Morgan fingerprint density at radius 3 is 2.70 bits per heavy atom. The van der Waals surface area contributed by atoms with E-state index in [1.165, 1.54) is 15.8 Å². The van der Waals surface area contributed by atoms with Crippen LogP contribution in [-0.4, -0.2) is 37.5 Å². The van der Waals surface area contributed by atoms with Gasteiger partial charge in [-0.05, 0) is 19.1 Å². The molecule has 0 bridgehead atoms. The molecule has 0 saturated heterocycles. The molecule has 0 aliphatic rings. The minimum atomic E-state index is -0.371. The Hall–Kier alpha value is -3.03. The van der Waals surface area contributed by atoms with Crippen LogP contribution in [0.4, 0.5) is 5.69 Å². The van der Waals surface area contributed by atoms with Crippen molar-refractivity contribution in [2.45, 2.75) is 20.0 Å². The third-order valence-electron chi connectivity index (χ3n) is 3.61. The van der Waals surface area contributed by atoms with Crippen molar-refractivity contribution in [3.05, 3.63) is 47.0 Å². The SMILES string of the molecule is CCn1nnc2c(=O)n(CC(=O)N(C)c3ccccc3)cnc21. The van der Waals surface area contributed by atoms with Crippen molar-refractivity contribution in [2.75, 3.05) is 11.9 Å². The van der Waals surface area contributed by atoms with Gasteiger partial charge in [0.1, 0.15) is 12.9 Å². The molecular weight excluding hydrogens is 296 g/mol. The molecule has 23 heavy (non-hydrogen) atoms. The van der Waals surface area contributed by atoms with Crippen molar-refractivity contribution in [3.63, 3.8) is 0 Å². The molecule has 118 valence electrons. The van der Waals surface area contributed by atoms with E-state index in [1.54, 1.807) is 11.7 Å². The predicted molar refractivity (Wildman–Crippen MR) is 85.1 cm³/mol. The van der Waals surface area contributed by atoms with Gasteiger partial charge in [-0.1, -0.05) is 23.4 Å². The fourth-order valence-electron chi connectivity index (χ4n) is 2.26. The van der Waals surface area contributed by atoms with E-state index >= 15 is 0 Å². The van der Waals surface area contributed by atoms with Gasteiger partial charge >= 0.3 is 0 Å². The minimum absolute atomic E-state index is 0.105. The summed E-state index contributed by atoms with van der Waals surface area (Å²) < 4.78 is 2.79. The highest BCUT2D eigenvalue weighted by Crippen LogP contribution is 2.11. The summed E-state index contributed by atoms with van der Waals surface area (Å²) in [5.41, 5.74) is 0.989. The van der Waals surface area contributed by atoms with Crippen molar-refractivity contribution >= 4 is 22.8 Å². The second-order valence-electron chi connectivity index (χ2n) is 5.04. The van der Waals surface area contributed by atoms with E-state index in [9.17, 15) is 9.59 Å². The van der Waals surface area contributed by atoms with Gasteiger partial charge in [0.15, 0.2) is 11.2 Å². The van der Waals surface area contributed by atoms with Gasteiger partial charge in [0.05, 0.1) is 0 Å². The number of aromatic nitrogens is 5. The van der Waals surface area contributed by atoms with Crippen molar-refractivity contribution in [1.82, 2.24) is 24.5 Å². The molecule has 1 aromatic carbocycles. The molecule has 0 fully saturated rings. The molecule has 0 saturated carbocycles. The van der Waals surface area contributed by atoms with Crippen LogP contribution in [-0.2, 0) is 17.9 Å². The highest BCUT2D eigenvalue weighted by Gasteiger charge is 2.15. The molecule has 0 N–H and O–H groups in total.